The number of ether oxygens (including phenoxy) is 1. The van der Waals surface area contributed by atoms with Crippen molar-refractivity contribution in [2.75, 3.05) is 25.0 Å². The van der Waals surface area contributed by atoms with Gasteiger partial charge in [-0.1, -0.05) is 19.1 Å². The molecule has 3 N–H and O–H groups in total. The number of hydrogen-bond donors (Lipinski definition) is 2. The Kier molecular flexibility index (Phi) is 6.61. The van der Waals surface area contributed by atoms with Gasteiger partial charge in [-0.2, -0.15) is 0 Å². The Hall–Kier alpha value is -2.08. The molecule has 2 amide bonds. The number of nitrogens with two attached hydrogens (primary N) is 1. The van der Waals surface area contributed by atoms with Crippen molar-refractivity contribution >= 4 is 17.7 Å². The number of piperidine rings is 1. The Morgan fingerprint density at radius 2 is 1.92 bits per heavy atom. The molecule has 0 unspecified atom stereocenters. The molecule has 0 aromatic heterocycles. The molecule has 0 spiro atoms. The van der Waals surface area contributed by atoms with Crippen molar-refractivity contribution in [2.45, 2.75) is 39.2 Å². The summed E-state index contributed by atoms with van der Waals surface area (Å²) in [5, 5.41) is 2.73. The first-order valence-corrected chi connectivity index (χ1v) is 8.56. The lowest BCUT2D eigenvalue weighted by molar-refractivity contribution is -0.133. The van der Waals surface area contributed by atoms with Crippen LogP contribution < -0.4 is 11.1 Å². The number of benzene rings is 1. The molecule has 1 aromatic carbocycles. The number of amides is 2. The fourth-order valence-electron chi connectivity index (χ4n) is 2.78. The van der Waals surface area contributed by atoms with Crippen LogP contribution in [0, 0.1) is 5.92 Å². The molecule has 0 saturated carbocycles. The van der Waals surface area contributed by atoms with Gasteiger partial charge < -0.3 is 15.4 Å². The molecule has 0 radical (unpaired) electrons. The summed E-state index contributed by atoms with van der Waals surface area (Å²) in [4.78, 5) is 25.5. The maximum Gasteiger partial charge on any atom is 0.411 e. The average Bonchev–Trinajstić information content (AvgIpc) is 2.60. The summed E-state index contributed by atoms with van der Waals surface area (Å²) in [7, 11) is 0. The predicted molar refractivity (Wildman–Crippen MR) is 93.7 cm³/mol. The minimum absolute atomic E-state index is 0.0114. The summed E-state index contributed by atoms with van der Waals surface area (Å²) in [6, 6.07) is 7.26. The van der Waals surface area contributed by atoms with Crippen molar-refractivity contribution in [3.63, 3.8) is 0 Å². The molecule has 1 aliphatic heterocycles. The van der Waals surface area contributed by atoms with Crippen molar-refractivity contribution in [3.8, 4) is 0 Å². The zero-order chi connectivity index (χ0) is 17.5. The number of carbonyl (C=O) groups excluding carboxylic acids is 2. The topological polar surface area (TPSA) is 84.7 Å². The summed E-state index contributed by atoms with van der Waals surface area (Å²) < 4.78 is 5.31. The number of anilines is 1. The van der Waals surface area contributed by atoms with E-state index >= 15 is 0 Å². The smallest absolute Gasteiger partial charge is 0.411 e. The second-order valence-electron chi connectivity index (χ2n) is 6.33. The summed E-state index contributed by atoms with van der Waals surface area (Å²) >= 11 is 0. The van der Waals surface area contributed by atoms with Gasteiger partial charge in [0.05, 0.1) is 12.6 Å². The van der Waals surface area contributed by atoms with E-state index in [0.29, 0.717) is 19.7 Å². The number of nitrogens with zero attached hydrogens (tertiary/aromatic N) is 1. The highest BCUT2D eigenvalue weighted by atomic mass is 16.5. The molecular formula is C18H27N3O3. The number of carbonyl (C=O) groups is 2. The second-order valence-corrected chi connectivity index (χ2v) is 6.33. The monoisotopic (exact) mass is 333 g/mol. The molecule has 0 bridgehead atoms. The van der Waals surface area contributed by atoms with Gasteiger partial charge in [0.2, 0.25) is 5.91 Å². The van der Waals surface area contributed by atoms with E-state index in [1.54, 1.807) is 11.8 Å². The average molecular weight is 333 g/mol. The Morgan fingerprint density at radius 1 is 1.29 bits per heavy atom. The summed E-state index contributed by atoms with van der Waals surface area (Å²) in [5.41, 5.74) is 7.58. The third kappa shape index (κ3) is 5.23. The van der Waals surface area contributed by atoms with E-state index in [2.05, 4.69) is 12.2 Å². The Morgan fingerprint density at radius 3 is 2.46 bits per heavy atom. The minimum atomic E-state index is -0.456. The summed E-state index contributed by atoms with van der Waals surface area (Å²) in [5.74, 6) is 0.276. The highest BCUT2D eigenvalue weighted by Crippen LogP contribution is 2.18. The van der Waals surface area contributed by atoms with E-state index in [4.69, 9.17) is 10.5 Å². The lowest BCUT2D eigenvalue weighted by Gasteiger charge is -2.32. The molecule has 1 aliphatic rings. The quantitative estimate of drug-likeness (QED) is 0.866. The fraction of sp³-hybridized carbons (Fsp3) is 0.556. The van der Waals surface area contributed by atoms with Gasteiger partial charge in [0.15, 0.2) is 0 Å². The van der Waals surface area contributed by atoms with Gasteiger partial charge >= 0.3 is 6.09 Å². The van der Waals surface area contributed by atoms with Crippen molar-refractivity contribution in [1.29, 1.82) is 0 Å². The number of rotatable bonds is 5. The number of nitrogens with one attached hydrogen (secondary N) is 1. The van der Waals surface area contributed by atoms with Gasteiger partial charge in [0.1, 0.15) is 0 Å². The third-order valence-corrected chi connectivity index (χ3v) is 4.37. The lowest BCUT2D eigenvalue weighted by Crippen LogP contribution is -2.46. The standard InChI is InChI=1S/C18H27N3O3/c1-3-14-4-6-16(7-5-14)20-18(23)24-12-15-8-10-21(11-9-15)17(22)13(2)19/h4-7,13,15H,3,8-12,19H2,1-2H3,(H,20,23)/t13-/m1/s1. The van der Waals surface area contributed by atoms with E-state index < -0.39 is 12.1 Å². The van der Waals surface area contributed by atoms with Crippen LogP contribution in [0.2, 0.25) is 0 Å². The third-order valence-electron chi connectivity index (χ3n) is 4.37. The molecule has 1 aromatic rings. The van der Waals surface area contributed by atoms with Crippen LogP contribution in [0.4, 0.5) is 10.5 Å². The van der Waals surface area contributed by atoms with Crippen molar-refractivity contribution < 1.29 is 14.3 Å². The van der Waals surface area contributed by atoms with Gasteiger partial charge in [0, 0.05) is 18.8 Å². The molecule has 6 nitrogen and oxygen atoms in total. The largest absolute Gasteiger partial charge is 0.449 e. The van der Waals surface area contributed by atoms with Gasteiger partial charge in [-0.3, -0.25) is 10.1 Å². The number of aryl methyl sites for hydroxylation is 1. The van der Waals surface area contributed by atoms with Crippen LogP contribution in [0.1, 0.15) is 32.3 Å². The second kappa shape index (κ2) is 8.68. The van der Waals surface area contributed by atoms with Crippen LogP contribution >= 0.6 is 0 Å². The van der Waals surface area contributed by atoms with Crippen LogP contribution in [0.15, 0.2) is 24.3 Å². The molecule has 1 saturated heterocycles. The van der Waals surface area contributed by atoms with Crippen LogP contribution in [0.3, 0.4) is 0 Å². The first-order chi connectivity index (χ1) is 11.5. The van der Waals surface area contributed by atoms with Crippen LogP contribution in [0.5, 0.6) is 0 Å². The maximum absolute atomic E-state index is 11.9. The highest BCUT2D eigenvalue weighted by molar-refractivity contribution is 5.84. The van der Waals surface area contributed by atoms with Crippen molar-refractivity contribution in [3.05, 3.63) is 29.8 Å². The lowest BCUT2D eigenvalue weighted by atomic mass is 9.97. The molecule has 1 atom stereocenters. The summed E-state index contributed by atoms with van der Waals surface area (Å²) in [6.07, 6.45) is 2.19. The van der Waals surface area contributed by atoms with Gasteiger partial charge in [-0.15, -0.1) is 0 Å². The van der Waals surface area contributed by atoms with Crippen molar-refractivity contribution in [2.24, 2.45) is 11.7 Å². The zero-order valence-corrected chi connectivity index (χ0v) is 14.5. The van der Waals surface area contributed by atoms with Crippen LogP contribution in [-0.4, -0.2) is 42.6 Å². The molecule has 2 rings (SSSR count). The van der Waals surface area contributed by atoms with Crippen molar-refractivity contribution in [1.82, 2.24) is 4.90 Å². The van der Waals surface area contributed by atoms with Crippen LogP contribution in [-0.2, 0) is 16.0 Å². The molecule has 24 heavy (non-hydrogen) atoms. The van der Waals surface area contributed by atoms with E-state index in [1.165, 1.54) is 5.56 Å². The Balaban J connectivity index is 1.70. The zero-order valence-electron chi connectivity index (χ0n) is 14.5. The molecule has 6 heteroatoms. The number of hydrogen-bond acceptors (Lipinski definition) is 4. The Bertz CT molecular complexity index is 549. The first kappa shape index (κ1) is 18.3. The maximum atomic E-state index is 11.9. The Labute approximate surface area is 143 Å². The van der Waals surface area contributed by atoms with E-state index in [-0.39, 0.29) is 11.8 Å². The normalized spacial score (nSPS) is 16.5. The molecule has 1 fully saturated rings. The van der Waals surface area contributed by atoms with Gasteiger partial charge in [-0.05, 0) is 49.8 Å². The predicted octanol–water partition coefficient (Wildman–Crippen LogP) is 2.38. The fourth-order valence-corrected chi connectivity index (χ4v) is 2.78. The van der Waals surface area contributed by atoms with E-state index in [9.17, 15) is 9.59 Å². The van der Waals surface area contributed by atoms with E-state index in [0.717, 1.165) is 24.9 Å². The summed E-state index contributed by atoms with van der Waals surface area (Å²) in [6.45, 7) is 5.51. The SMILES string of the molecule is CCc1ccc(NC(=O)OCC2CCN(C(=O)[C@@H](C)N)CC2)cc1. The molecule has 1 heterocycles. The van der Waals surface area contributed by atoms with Crippen LogP contribution in [0.25, 0.3) is 0 Å². The highest BCUT2D eigenvalue weighted by Gasteiger charge is 2.25. The van der Waals surface area contributed by atoms with E-state index in [1.807, 2.05) is 24.3 Å². The van der Waals surface area contributed by atoms with Gasteiger partial charge in [-0.25, -0.2) is 4.79 Å². The number of likely N-dealkylation sites (tertiary alicyclic amines) is 1. The molecule has 0 aliphatic carbocycles. The molecule has 132 valence electrons. The first-order valence-electron chi connectivity index (χ1n) is 8.56. The minimum Gasteiger partial charge on any atom is -0.449 e. The van der Waals surface area contributed by atoms with Gasteiger partial charge in [0.25, 0.3) is 0 Å². The molecular weight excluding hydrogens is 306 g/mol.